The Bertz CT molecular complexity index is 308. The summed E-state index contributed by atoms with van der Waals surface area (Å²) < 4.78 is 0. The van der Waals surface area contributed by atoms with Crippen molar-refractivity contribution in [2.75, 3.05) is 0 Å². The number of hydrogen-bond donors (Lipinski definition) is 1. The van der Waals surface area contributed by atoms with Gasteiger partial charge in [0.15, 0.2) is 5.78 Å². The number of carbonyl (C=O) groups is 1. The monoisotopic (exact) mass is 207 g/mol. The van der Waals surface area contributed by atoms with Crippen LogP contribution in [0.15, 0.2) is 23.9 Å². The fraction of sp³-hybridized carbons (Fsp3) is 0.615. The first-order valence-corrected chi connectivity index (χ1v) is 5.50. The number of carbonyl (C=O) groups excluding carboxylic acids is 1. The number of ketones is 1. The van der Waals surface area contributed by atoms with Gasteiger partial charge in [-0.1, -0.05) is 26.0 Å². The van der Waals surface area contributed by atoms with E-state index in [1.165, 1.54) is 0 Å². The highest BCUT2D eigenvalue weighted by atomic mass is 16.1. The molecule has 0 radical (unpaired) electrons. The Hall–Kier alpha value is -1.05. The summed E-state index contributed by atoms with van der Waals surface area (Å²) >= 11 is 0. The van der Waals surface area contributed by atoms with Crippen molar-refractivity contribution in [1.82, 2.24) is 0 Å². The molecule has 0 heterocycles. The largest absolute Gasteiger partial charge is 0.402 e. The van der Waals surface area contributed by atoms with Gasteiger partial charge >= 0.3 is 0 Å². The minimum atomic E-state index is -0.0512. The zero-order valence-electron chi connectivity index (χ0n) is 9.97. The highest BCUT2D eigenvalue weighted by molar-refractivity contribution is 5.94. The zero-order chi connectivity index (χ0) is 11.6. The van der Waals surface area contributed by atoms with E-state index in [4.69, 9.17) is 5.73 Å². The van der Waals surface area contributed by atoms with Crippen LogP contribution in [0.1, 0.15) is 40.0 Å². The van der Waals surface area contributed by atoms with Crippen LogP contribution >= 0.6 is 0 Å². The quantitative estimate of drug-likeness (QED) is 0.559. The second-order valence-corrected chi connectivity index (χ2v) is 5.22. The van der Waals surface area contributed by atoms with Crippen molar-refractivity contribution in [1.29, 1.82) is 0 Å². The molecule has 1 aliphatic rings. The van der Waals surface area contributed by atoms with E-state index in [0.29, 0.717) is 5.70 Å². The van der Waals surface area contributed by atoms with Crippen LogP contribution in [-0.4, -0.2) is 5.78 Å². The van der Waals surface area contributed by atoms with Crippen LogP contribution in [0.3, 0.4) is 0 Å². The summed E-state index contributed by atoms with van der Waals surface area (Å²) in [5.41, 5.74) is 7.21. The Morgan fingerprint density at radius 3 is 2.67 bits per heavy atom. The van der Waals surface area contributed by atoms with E-state index in [1.807, 2.05) is 0 Å². The Labute approximate surface area is 92.2 Å². The lowest BCUT2D eigenvalue weighted by molar-refractivity contribution is -0.120. The first-order chi connectivity index (χ1) is 6.84. The summed E-state index contributed by atoms with van der Waals surface area (Å²) in [6, 6.07) is 0. The third kappa shape index (κ3) is 2.71. The molecular formula is C13H21NO. The summed E-state index contributed by atoms with van der Waals surface area (Å²) in [6.07, 6.45) is 4.74. The first-order valence-electron chi connectivity index (χ1n) is 5.50. The third-order valence-corrected chi connectivity index (χ3v) is 3.16. The second-order valence-electron chi connectivity index (χ2n) is 5.22. The Balaban J connectivity index is 2.94. The van der Waals surface area contributed by atoms with Crippen molar-refractivity contribution in [3.05, 3.63) is 23.9 Å². The number of hydrogen-bond acceptors (Lipinski definition) is 2. The molecule has 1 atom stereocenters. The van der Waals surface area contributed by atoms with Crippen LogP contribution in [0.5, 0.6) is 0 Å². The van der Waals surface area contributed by atoms with E-state index >= 15 is 0 Å². The van der Waals surface area contributed by atoms with Crippen LogP contribution in [0.2, 0.25) is 0 Å². The number of rotatable bonds is 2. The topological polar surface area (TPSA) is 43.1 Å². The van der Waals surface area contributed by atoms with E-state index in [0.717, 1.165) is 24.8 Å². The standard InChI is InChI=1S/C13H21NO/c1-9-6-5-7-13(3,4)12(9)11(15)8-10(2)14/h8,12H,1,5-7,14H2,2-4H3/b10-8-. The maximum absolute atomic E-state index is 12.0. The molecule has 84 valence electrons. The highest BCUT2D eigenvalue weighted by Gasteiger charge is 2.38. The van der Waals surface area contributed by atoms with Gasteiger partial charge < -0.3 is 5.73 Å². The van der Waals surface area contributed by atoms with Gasteiger partial charge in [0.1, 0.15) is 0 Å². The Morgan fingerprint density at radius 1 is 1.60 bits per heavy atom. The molecule has 0 spiro atoms. The van der Waals surface area contributed by atoms with Crippen LogP contribution in [0.25, 0.3) is 0 Å². The maximum atomic E-state index is 12.0. The van der Waals surface area contributed by atoms with Gasteiger partial charge in [-0.2, -0.15) is 0 Å². The van der Waals surface area contributed by atoms with Crippen LogP contribution < -0.4 is 5.73 Å². The van der Waals surface area contributed by atoms with Gasteiger partial charge in [0, 0.05) is 17.7 Å². The molecule has 1 rings (SSSR count). The molecule has 0 aromatic carbocycles. The molecule has 0 amide bonds. The molecule has 15 heavy (non-hydrogen) atoms. The number of allylic oxidation sites excluding steroid dienone is 3. The summed E-state index contributed by atoms with van der Waals surface area (Å²) in [4.78, 5) is 12.0. The summed E-state index contributed by atoms with van der Waals surface area (Å²) in [5.74, 6) is 0.0643. The lowest BCUT2D eigenvalue weighted by Crippen LogP contribution is -2.35. The van der Waals surface area contributed by atoms with E-state index < -0.39 is 0 Å². The van der Waals surface area contributed by atoms with Crippen molar-refractivity contribution in [3.63, 3.8) is 0 Å². The molecule has 2 N–H and O–H groups in total. The van der Waals surface area contributed by atoms with Crippen molar-refractivity contribution in [2.24, 2.45) is 17.1 Å². The lowest BCUT2D eigenvalue weighted by atomic mass is 9.65. The number of nitrogens with two attached hydrogens (primary N) is 1. The third-order valence-electron chi connectivity index (χ3n) is 3.16. The van der Waals surface area contributed by atoms with E-state index in [2.05, 4.69) is 20.4 Å². The normalized spacial score (nSPS) is 26.5. The van der Waals surface area contributed by atoms with E-state index in [1.54, 1.807) is 13.0 Å². The zero-order valence-corrected chi connectivity index (χ0v) is 9.97. The summed E-state index contributed by atoms with van der Waals surface area (Å²) in [5, 5.41) is 0. The minimum Gasteiger partial charge on any atom is -0.402 e. The lowest BCUT2D eigenvalue weighted by Gasteiger charge is -2.38. The molecule has 2 heteroatoms. The first kappa shape index (κ1) is 12.0. The van der Waals surface area contributed by atoms with Gasteiger partial charge in [-0.15, -0.1) is 0 Å². The molecular weight excluding hydrogens is 186 g/mol. The molecule has 1 unspecified atom stereocenters. The summed E-state index contributed by atoms with van der Waals surface area (Å²) in [6.45, 7) is 10.1. The highest BCUT2D eigenvalue weighted by Crippen LogP contribution is 2.43. The van der Waals surface area contributed by atoms with Gasteiger partial charge in [-0.05, 0) is 31.6 Å². The Kier molecular flexibility index (Phi) is 3.38. The van der Waals surface area contributed by atoms with Gasteiger partial charge in [-0.3, -0.25) is 4.79 Å². The molecule has 0 bridgehead atoms. The average molecular weight is 207 g/mol. The van der Waals surface area contributed by atoms with Crippen molar-refractivity contribution < 1.29 is 4.79 Å². The van der Waals surface area contributed by atoms with Gasteiger partial charge in [0.25, 0.3) is 0 Å². The predicted octanol–water partition coefficient (Wildman–Crippen LogP) is 2.80. The second kappa shape index (κ2) is 4.21. The average Bonchev–Trinajstić information content (AvgIpc) is 1.99. The predicted molar refractivity (Wildman–Crippen MR) is 63.2 cm³/mol. The fourth-order valence-corrected chi connectivity index (χ4v) is 2.51. The van der Waals surface area contributed by atoms with E-state index in [9.17, 15) is 4.79 Å². The van der Waals surface area contributed by atoms with Crippen molar-refractivity contribution >= 4 is 5.78 Å². The molecule has 1 fully saturated rings. The van der Waals surface area contributed by atoms with Gasteiger partial charge in [0.2, 0.25) is 0 Å². The van der Waals surface area contributed by atoms with E-state index in [-0.39, 0.29) is 17.1 Å². The van der Waals surface area contributed by atoms with Crippen molar-refractivity contribution in [2.45, 2.75) is 40.0 Å². The smallest absolute Gasteiger partial charge is 0.165 e. The molecule has 1 saturated carbocycles. The Morgan fingerprint density at radius 2 is 2.20 bits per heavy atom. The molecule has 0 saturated heterocycles. The summed E-state index contributed by atoms with van der Waals surface area (Å²) in [7, 11) is 0. The SMILES string of the molecule is C=C1CCCC(C)(C)C1C(=O)/C=C(/C)N. The maximum Gasteiger partial charge on any atom is 0.165 e. The molecule has 0 aromatic rings. The minimum absolute atomic E-state index is 0.0262. The molecule has 0 aliphatic heterocycles. The van der Waals surface area contributed by atoms with Crippen LogP contribution in [0, 0.1) is 11.3 Å². The fourth-order valence-electron chi connectivity index (χ4n) is 2.51. The molecule has 2 nitrogen and oxygen atoms in total. The van der Waals surface area contributed by atoms with Crippen LogP contribution in [-0.2, 0) is 4.79 Å². The van der Waals surface area contributed by atoms with Crippen LogP contribution in [0.4, 0.5) is 0 Å². The van der Waals surface area contributed by atoms with Crippen molar-refractivity contribution in [3.8, 4) is 0 Å². The molecule has 1 aliphatic carbocycles. The van der Waals surface area contributed by atoms with Gasteiger partial charge in [-0.25, -0.2) is 0 Å². The molecule has 0 aromatic heterocycles. The van der Waals surface area contributed by atoms with Gasteiger partial charge in [0.05, 0.1) is 0 Å².